The van der Waals surface area contributed by atoms with Crippen LogP contribution >= 0.6 is 0 Å². The lowest BCUT2D eigenvalue weighted by Crippen LogP contribution is -2.58. The quantitative estimate of drug-likeness (QED) is 0.105. The van der Waals surface area contributed by atoms with Gasteiger partial charge in [0.1, 0.15) is 24.2 Å². The van der Waals surface area contributed by atoms with Gasteiger partial charge < -0.3 is 47.7 Å². The molecule has 3 heterocycles. The fraction of sp³-hybridized carbons (Fsp3) is 0.548. The lowest BCUT2D eigenvalue weighted by Gasteiger charge is -2.29. The number of nitrogens with zero attached hydrogens (tertiary/aromatic N) is 1. The Morgan fingerprint density at radius 3 is 2.39 bits per heavy atom. The fourth-order valence-corrected chi connectivity index (χ4v) is 6.10. The van der Waals surface area contributed by atoms with Crippen LogP contribution in [0, 0.1) is 0 Å². The SMILES string of the molecule is NCCCC[C@@H](NC(=O)[C@H]1CCCN1C(=O)[C@@H]1CCCN1)C(=O)N[C@@H](CC(N)=O)C(=O)N[C@H](Cc1c[nH]c2ccccc12)C(=O)O. The van der Waals surface area contributed by atoms with Crippen LogP contribution in [0.25, 0.3) is 10.9 Å². The molecule has 46 heavy (non-hydrogen) atoms. The second kappa shape index (κ2) is 16.2. The minimum atomic E-state index is -1.50. The van der Waals surface area contributed by atoms with Gasteiger partial charge in [0.15, 0.2) is 0 Å². The topological polar surface area (TPSA) is 242 Å². The number of hydrogen-bond donors (Lipinski definition) is 8. The van der Waals surface area contributed by atoms with Gasteiger partial charge in [-0.05, 0) is 69.7 Å². The number of rotatable bonds is 16. The van der Waals surface area contributed by atoms with Crippen molar-refractivity contribution in [2.24, 2.45) is 11.5 Å². The number of carboxylic acid groups (broad SMARTS) is 1. The van der Waals surface area contributed by atoms with E-state index in [4.69, 9.17) is 11.5 Å². The average Bonchev–Trinajstić information content (AvgIpc) is 3.81. The average molecular weight is 641 g/mol. The minimum Gasteiger partial charge on any atom is -0.480 e. The smallest absolute Gasteiger partial charge is 0.326 e. The number of aromatic amines is 1. The van der Waals surface area contributed by atoms with Crippen LogP contribution in [0.3, 0.4) is 0 Å². The number of carboxylic acids is 1. The molecule has 15 heteroatoms. The van der Waals surface area contributed by atoms with Crippen LogP contribution in [0.2, 0.25) is 0 Å². The normalized spacial score (nSPS) is 19.7. The predicted octanol–water partition coefficient (Wildman–Crippen LogP) is -1.00. The largest absolute Gasteiger partial charge is 0.480 e. The first-order chi connectivity index (χ1) is 22.1. The molecule has 250 valence electrons. The predicted molar refractivity (Wildman–Crippen MR) is 168 cm³/mol. The molecule has 2 aromatic rings. The molecule has 2 fully saturated rings. The summed E-state index contributed by atoms with van der Waals surface area (Å²) in [5.74, 6) is -4.49. The highest BCUT2D eigenvalue weighted by atomic mass is 16.4. The molecule has 15 nitrogen and oxygen atoms in total. The molecule has 2 aliphatic rings. The molecule has 10 N–H and O–H groups in total. The standard InChI is InChI=1S/C31H44N8O7/c32-12-4-3-9-21(36-29(43)25-11-6-14-39(25)30(44)22-10-5-13-34-22)27(41)37-23(16-26(33)40)28(42)38-24(31(45)46)15-18-17-35-20-8-2-1-7-19(18)20/h1-2,7-8,17,21-25,34-35H,3-6,9-16,32H2,(H2,33,40)(H,36,43)(H,37,41)(H,38,42)(H,45,46)/t21-,22+,23+,24-,25-/m1/s1. The number of fused-ring (bicyclic) bond motifs is 1. The molecule has 1 aromatic heterocycles. The van der Waals surface area contributed by atoms with E-state index in [1.807, 2.05) is 24.3 Å². The third kappa shape index (κ3) is 8.81. The van der Waals surface area contributed by atoms with Crippen LogP contribution in [0.1, 0.15) is 56.9 Å². The second-order valence-corrected chi connectivity index (χ2v) is 11.9. The number of carbonyl (C=O) groups excluding carboxylic acids is 5. The van der Waals surface area contributed by atoms with E-state index in [0.717, 1.165) is 23.9 Å². The number of benzene rings is 1. The van der Waals surface area contributed by atoms with E-state index in [0.29, 0.717) is 50.8 Å². The first-order valence-electron chi connectivity index (χ1n) is 15.8. The molecule has 5 amide bonds. The number of hydrogen-bond acceptors (Lipinski definition) is 8. The van der Waals surface area contributed by atoms with E-state index in [1.54, 1.807) is 11.1 Å². The van der Waals surface area contributed by atoms with Crippen molar-refractivity contribution in [3.05, 3.63) is 36.0 Å². The molecule has 2 saturated heterocycles. The molecule has 0 saturated carbocycles. The van der Waals surface area contributed by atoms with E-state index in [-0.39, 0.29) is 24.8 Å². The number of unbranched alkanes of at least 4 members (excludes halogenated alkanes) is 1. The van der Waals surface area contributed by atoms with Crippen molar-refractivity contribution in [1.82, 2.24) is 31.2 Å². The van der Waals surface area contributed by atoms with Crippen LogP contribution in [-0.4, -0.2) is 100 Å². The third-order valence-corrected chi connectivity index (χ3v) is 8.53. The highest BCUT2D eigenvalue weighted by molar-refractivity contribution is 5.97. The molecule has 0 unspecified atom stereocenters. The number of primary amides is 1. The van der Waals surface area contributed by atoms with Gasteiger partial charge in [0.05, 0.1) is 12.5 Å². The number of nitrogens with two attached hydrogens (primary N) is 2. The summed E-state index contributed by atoms with van der Waals surface area (Å²) < 4.78 is 0. The summed E-state index contributed by atoms with van der Waals surface area (Å²) in [5.41, 5.74) is 12.5. The van der Waals surface area contributed by atoms with Crippen molar-refractivity contribution in [2.75, 3.05) is 19.6 Å². The van der Waals surface area contributed by atoms with Crippen LogP contribution < -0.4 is 32.7 Å². The number of amides is 5. The Kier molecular flexibility index (Phi) is 12.1. The second-order valence-electron chi connectivity index (χ2n) is 11.9. The van der Waals surface area contributed by atoms with Gasteiger partial charge >= 0.3 is 5.97 Å². The van der Waals surface area contributed by atoms with Crippen LogP contribution in [0.4, 0.5) is 0 Å². The number of carbonyl (C=O) groups is 6. The molecule has 5 atom stereocenters. The van der Waals surface area contributed by atoms with Gasteiger partial charge in [-0.2, -0.15) is 0 Å². The van der Waals surface area contributed by atoms with E-state index < -0.39 is 60.2 Å². The Morgan fingerprint density at radius 2 is 1.70 bits per heavy atom. The van der Waals surface area contributed by atoms with Crippen molar-refractivity contribution in [1.29, 1.82) is 0 Å². The first-order valence-corrected chi connectivity index (χ1v) is 15.8. The Morgan fingerprint density at radius 1 is 0.957 bits per heavy atom. The monoisotopic (exact) mass is 640 g/mol. The van der Waals surface area contributed by atoms with Gasteiger partial charge in [0, 0.05) is 30.1 Å². The van der Waals surface area contributed by atoms with E-state index in [1.165, 1.54) is 0 Å². The highest BCUT2D eigenvalue weighted by Gasteiger charge is 2.39. The molecule has 0 aliphatic carbocycles. The van der Waals surface area contributed by atoms with E-state index in [9.17, 15) is 33.9 Å². The van der Waals surface area contributed by atoms with Gasteiger partial charge in [-0.3, -0.25) is 24.0 Å². The molecular weight excluding hydrogens is 596 g/mol. The van der Waals surface area contributed by atoms with Gasteiger partial charge in [-0.15, -0.1) is 0 Å². The Labute approximate surface area is 266 Å². The molecule has 1 aromatic carbocycles. The Balaban J connectivity index is 1.45. The van der Waals surface area contributed by atoms with Crippen LogP contribution in [0.5, 0.6) is 0 Å². The number of aromatic nitrogens is 1. The zero-order valence-corrected chi connectivity index (χ0v) is 25.8. The number of para-hydroxylation sites is 1. The third-order valence-electron chi connectivity index (χ3n) is 8.53. The molecule has 0 bridgehead atoms. The van der Waals surface area contributed by atoms with Gasteiger partial charge in [-0.25, -0.2) is 4.79 Å². The lowest BCUT2D eigenvalue weighted by atomic mass is 10.0. The summed E-state index contributed by atoms with van der Waals surface area (Å²) >= 11 is 0. The number of nitrogens with one attached hydrogen (secondary N) is 5. The Hall–Kier alpha value is -4.50. The molecule has 0 radical (unpaired) electrons. The lowest BCUT2D eigenvalue weighted by molar-refractivity contribution is -0.142. The fourth-order valence-electron chi connectivity index (χ4n) is 6.10. The molecule has 0 spiro atoms. The summed E-state index contributed by atoms with van der Waals surface area (Å²) in [6.07, 6.45) is 4.89. The summed E-state index contributed by atoms with van der Waals surface area (Å²) in [6, 6.07) is 2.24. The number of H-pyrrole nitrogens is 1. The van der Waals surface area contributed by atoms with Crippen molar-refractivity contribution in [3.8, 4) is 0 Å². The van der Waals surface area contributed by atoms with Crippen LogP contribution in [0.15, 0.2) is 30.5 Å². The highest BCUT2D eigenvalue weighted by Crippen LogP contribution is 2.22. The number of aliphatic carboxylic acids is 1. The van der Waals surface area contributed by atoms with E-state index >= 15 is 0 Å². The molecule has 4 rings (SSSR count). The Bertz CT molecular complexity index is 1420. The molecule has 2 aliphatic heterocycles. The molecular formula is C31H44N8O7. The van der Waals surface area contributed by atoms with Crippen LogP contribution in [-0.2, 0) is 35.2 Å². The maximum Gasteiger partial charge on any atom is 0.326 e. The van der Waals surface area contributed by atoms with Crippen molar-refractivity contribution >= 4 is 46.4 Å². The van der Waals surface area contributed by atoms with Crippen molar-refractivity contribution < 1.29 is 33.9 Å². The summed E-state index contributed by atoms with van der Waals surface area (Å²) in [5, 5.41) is 21.5. The van der Waals surface area contributed by atoms with Crippen molar-refractivity contribution in [3.63, 3.8) is 0 Å². The zero-order valence-electron chi connectivity index (χ0n) is 25.8. The first kappa shape index (κ1) is 34.4. The summed E-state index contributed by atoms with van der Waals surface area (Å²) in [7, 11) is 0. The van der Waals surface area contributed by atoms with E-state index in [2.05, 4.69) is 26.3 Å². The maximum absolute atomic E-state index is 13.5. The van der Waals surface area contributed by atoms with Gasteiger partial charge in [0.25, 0.3) is 0 Å². The number of likely N-dealkylation sites (tertiary alicyclic amines) is 1. The summed E-state index contributed by atoms with van der Waals surface area (Å²) in [4.78, 5) is 82.0. The van der Waals surface area contributed by atoms with Crippen molar-refractivity contribution in [2.45, 2.75) is 88.0 Å². The van der Waals surface area contributed by atoms with Gasteiger partial charge in [-0.1, -0.05) is 18.2 Å². The zero-order chi connectivity index (χ0) is 33.2. The minimum absolute atomic E-state index is 0.0624. The van der Waals surface area contributed by atoms with Gasteiger partial charge in [0.2, 0.25) is 29.5 Å². The maximum atomic E-state index is 13.5. The summed E-state index contributed by atoms with van der Waals surface area (Å²) in [6.45, 7) is 1.53.